The summed E-state index contributed by atoms with van der Waals surface area (Å²) in [7, 11) is 2.10. The molecule has 0 atom stereocenters. The molecule has 1 rings (SSSR count). The third kappa shape index (κ3) is 4.40. The summed E-state index contributed by atoms with van der Waals surface area (Å²) >= 11 is 3.59. The summed E-state index contributed by atoms with van der Waals surface area (Å²) in [5.74, 6) is 1.15. The van der Waals surface area contributed by atoms with Crippen molar-refractivity contribution < 1.29 is 0 Å². The zero-order valence-corrected chi connectivity index (χ0v) is 11.2. The molecule has 0 spiro atoms. The van der Waals surface area contributed by atoms with E-state index < -0.39 is 0 Å². The van der Waals surface area contributed by atoms with E-state index >= 15 is 0 Å². The van der Waals surface area contributed by atoms with Crippen LogP contribution in [0.3, 0.4) is 0 Å². The van der Waals surface area contributed by atoms with E-state index in [1.54, 1.807) is 11.3 Å². The fraction of sp³-hybridized carbons (Fsp3) is 0.700. The number of hydrogen-bond donors (Lipinski definition) is 1. The fourth-order valence-corrected chi connectivity index (χ4v) is 2.40. The zero-order chi connectivity index (χ0) is 11.1. The van der Waals surface area contributed by atoms with Crippen molar-refractivity contribution in [3.05, 3.63) is 11.1 Å². The standard InChI is InChI=1S/C10H19N3S2/c1-4-11-7-9-8-15-10(12-9)13(2)5-6-14-3/h8,11H,4-7H2,1-3H3. The first-order chi connectivity index (χ1) is 7.27. The van der Waals surface area contributed by atoms with Crippen LogP contribution < -0.4 is 10.2 Å². The van der Waals surface area contributed by atoms with Gasteiger partial charge in [0.25, 0.3) is 0 Å². The van der Waals surface area contributed by atoms with E-state index in [9.17, 15) is 0 Å². The number of thiazole rings is 1. The van der Waals surface area contributed by atoms with E-state index in [2.05, 4.69) is 40.8 Å². The molecule has 1 heterocycles. The minimum atomic E-state index is 0.878. The molecular weight excluding hydrogens is 226 g/mol. The number of aromatic nitrogens is 1. The SMILES string of the molecule is CCNCc1csc(N(C)CCSC)n1. The lowest BCUT2D eigenvalue weighted by molar-refractivity contribution is 0.713. The first-order valence-corrected chi connectivity index (χ1v) is 7.40. The van der Waals surface area contributed by atoms with Crippen LogP contribution in [-0.4, -0.2) is 37.1 Å². The van der Waals surface area contributed by atoms with Gasteiger partial charge in [-0.1, -0.05) is 6.92 Å². The molecule has 0 amide bonds. The van der Waals surface area contributed by atoms with Gasteiger partial charge in [0.15, 0.2) is 5.13 Å². The highest BCUT2D eigenvalue weighted by atomic mass is 32.2. The topological polar surface area (TPSA) is 28.2 Å². The van der Waals surface area contributed by atoms with Crippen LogP contribution >= 0.6 is 23.1 Å². The monoisotopic (exact) mass is 245 g/mol. The fourth-order valence-electron chi connectivity index (χ4n) is 1.13. The van der Waals surface area contributed by atoms with Gasteiger partial charge >= 0.3 is 0 Å². The molecule has 0 aromatic carbocycles. The van der Waals surface area contributed by atoms with Crippen molar-refractivity contribution in [3.8, 4) is 0 Å². The molecule has 86 valence electrons. The highest BCUT2D eigenvalue weighted by Crippen LogP contribution is 2.19. The van der Waals surface area contributed by atoms with Crippen molar-refractivity contribution >= 4 is 28.2 Å². The average Bonchev–Trinajstić information content (AvgIpc) is 2.71. The largest absolute Gasteiger partial charge is 0.350 e. The third-order valence-electron chi connectivity index (χ3n) is 2.05. The molecule has 3 nitrogen and oxygen atoms in total. The second kappa shape index (κ2) is 7.09. The summed E-state index contributed by atoms with van der Waals surface area (Å²) in [4.78, 5) is 6.79. The van der Waals surface area contributed by atoms with E-state index in [1.165, 1.54) is 0 Å². The van der Waals surface area contributed by atoms with Gasteiger partial charge in [-0.2, -0.15) is 11.8 Å². The van der Waals surface area contributed by atoms with Gasteiger partial charge in [-0.25, -0.2) is 4.98 Å². The number of thioether (sulfide) groups is 1. The lowest BCUT2D eigenvalue weighted by Crippen LogP contribution is -2.20. The molecule has 0 bridgehead atoms. The Balaban J connectivity index is 2.43. The molecular formula is C10H19N3S2. The summed E-state index contributed by atoms with van der Waals surface area (Å²) in [6.07, 6.45) is 2.13. The van der Waals surface area contributed by atoms with Gasteiger partial charge in [-0.3, -0.25) is 0 Å². The molecule has 0 saturated heterocycles. The molecule has 1 aromatic heterocycles. The van der Waals surface area contributed by atoms with Crippen molar-refractivity contribution in [1.82, 2.24) is 10.3 Å². The van der Waals surface area contributed by atoms with Crippen LogP contribution in [0.25, 0.3) is 0 Å². The van der Waals surface area contributed by atoms with Gasteiger partial charge < -0.3 is 10.2 Å². The second-order valence-corrected chi connectivity index (χ2v) is 5.14. The number of hydrogen-bond acceptors (Lipinski definition) is 5. The van der Waals surface area contributed by atoms with Gasteiger partial charge in [0.1, 0.15) is 0 Å². The molecule has 5 heteroatoms. The van der Waals surface area contributed by atoms with Crippen molar-refractivity contribution in [2.75, 3.05) is 37.0 Å². The third-order valence-corrected chi connectivity index (χ3v) is 3.65. The number of nitrogens with one attached hydrogen (secondary N) is 1. The summed E-state index contributed by atoms with van der Waals surface area (Å²) < 4.78 is 0. The highest BCUT2D eigenvalue weighted by Gasteiger charge is 2.05. The maximum atomic E-state index is 4.57. The molecule has 0 aliphatic heterocycles. The molecule has 0 saturated carbocycles. The normalized spacial score (nSPS) is 10.6. The van der Waals surface area contributed by atoms with Crippen molar-refractivity contribution in [2.24, 2.45) is 0 Å². The van der Waals surface area contributed by atoms with Crippen LogP contribution in [0.2, 0.25) is 0 Å². The van der Waals surface area contributed by atoms with Gasteiger partial charge in [0.2, 0.25) is 0 Å². The number of anilines is 1. The Labute approximate surface area is 100 Å². The van der Waals surface area contributed by atoms with Gasteiger partial charge in [0.05, 0.1) is 5.69 Å². The maximum Gasteiger partial charge on any atom is 0.185 e. The van der Waals surface area contributed by atoms with Gasteiger partial charge in [0, 0.05) is 31.3 Å². The Morgan fingerprint density at radius 1 is 1.60 bits per heavy atom. The Kier molecular flexibility index (Phi) is 6.05. The van der Waals surface area contributed by atoms with Crippen LogP contribution in [0.15, 0.2) is 5.38 Å². The minimum absolute atomic E-state index is 0.878. The summed E-state index contributed by atoms with van der Waals surface area (Å²) in [6.45, 7) is 5.05. The maximum absolute atomic E-state index is 4.57. The average molecular weight is 245 g/mol. The molecule has 0 radical (unpaired) electrons. The summed E-state index contributed by atoms with van der Waals surface area (Å²) in [5, 5.41) is 6.54. The first-order valence-electron chi connectivity index (χ1n) is 5.13. The summed E-state index contributed by atoms with van der Waals surface area (Å²) in [6, 6.07) is 0. The van der Waals surface area contributed by atoms with Crippen LogP contribution in [0, 0.1) is 0 Å². The Morgan fingerprint density at radius 2 is 2.40 bits per heavy atom. The van der Waals surface area contributed by atoms with Crippen LogP contribution in [0.5, 0.6) is 0 Å². The summed E-state index contributed by atoms with van der Waals surface area (Å²) in [5.41, 5.74) is 1.15. The smallest absolute Gasteiger partial charge is 0.185 e. The Hall–Kier alpha value is -0.260. The first kappa shape index (κ1) is 12.8. The molecule has 0 aliphatic carbocycles. The van der Waals surface area contributed by atoms with E-state index in [4.69, 9.17) is 0 Å². The molecule has 15 heavy (non-hydrogen) atoms. The molecule has 1 N–H and O–H groups in total. The lowest BCUT2D eigenvalue weighted by Gasteiger charge is -2.14. The van der Waals surface area contributed by atoms with Crippen LogP contribution in [-0.2, 0) is 6.54 Å². The number of nitrogens with zero attached hydrogens (tertiary/aromatic N) is 2. The van der Waals surface area contributed by atoms with Gasteiger partial charge in [-0.15, -0.1) is 11.3 Å². The molecule has 0 aliphatic rings. The van der Waals surface area contributed by atoms with E-state index in [1.807, 2.05) is 11.8 Å². The van der Waals surface area contributed by atoms with E-state index in [-0.39, 0.29) is 0 Å². The molecule has 1 aromatic rings. The predicted molar refractivity (Wildman–Crippen MR) is 71.1 cm³/mol. The molecule has 0 unspecified atom stereocenters. The lowest BCUT2D eigenvalue weighted by atomic mass is 10.5. The van der Waals surface area contributed by atoms with Crippen molar-refractivity contribution in [3.63, 3.8) is 0 Å². The van der Waals surface area contributed by atoms with Crippen molar-refractivity contribution in [2.45, 2.75) is 13.5 Å². The minimum Gasteiger partial charge on any atom is -0.350 e. The highest BCUT2D eigenvalue weighted by molar-refractivity contribution is 7.98. The van der Waals surface area contributed by atoms with Gasteiger partial charge in [-0.05, 0) is 12.8 Å². The quantitative estimate of drug-likeness (QED) is 0.796. The van der Waals surface area contributed by atoms with Crippen LogP contribution in [0.4, 0.5) is 5.13 Å². The predicted octanol–water partition coefficient (Wildman–Crippen LogP) is 2.05. The van der Waals surface area contributed by atoms with E-state index in [0.29, 0.717) is 0 Å². The Bertz CT molecular complexity index is 275. The zero-order valence-electron chi connectivity index (χ0n) is 9.62. The van der Waals surface area contributed by atoms with Crippen LogP contribution in [0.1, 0.15) is 12.6 Å². The molecule has 0 fully saturated rings. The van der Waals surface area contributed by atoms with E-state index in [0.717, 1.165) is 36.2 Å². The Morgan fingerprint density at radius 3 is 3.07 bits per heavy atom. The second-order valence-electron chi connectivity index (χ2n) is 3.32. The van der Waals surface area contributed by atoms with Crippen molar-refractivity contribution in [1.29, 1.82) is 0 Å². The number of rotatable bonds is 7.